The summed E-state index contributed by atoms with van der Waals surface area (Å²) in [6.45, 7) is 1.74. The molecule has 0 saturated carbocycles. The molecule has 4 nitrogen and oxygen atoms in total. The van der Waals surface area contributed by atoms with E-state index in [0.29, 0.717) is 11.1 Å². The molecule has 0 atom stereocenters. The number of aromatic carboxylic acids is 1. The van der Waals surface area contributed by atoms with Crippen molar-refractivity contribution in [3.05, 3.63) is 45.7 Å². The molecule has 2 rings (SSSR count). The molecule has 1 aromatic carbocycles. The zero-order chi connectivity index (χ0) is 11.9. The number of hydrogen-bond acceptors (Lipinski definition) is 2. The highest BCUT2D eigenvalue weighted by atomic mass is 16.4. The number of hydrogen-bond donors (Lipinski definition) is 1. The molecule has 0 fully saturated rings. The van der Waals surface area contributed by atoms with Crippen LogP contribution in [-0.2, 0) is 7.05 Å². The highest BCUT2D eigenvalue weighted by molar-refractivity contribution is 5.93. The van der Waals surface area contributed by atoms with E-state index in [2.05, 4.69) is 0 Å². The third-order valence-corrected chi connectivity index (χ3v) is 2.65. The number of nitrogens with zero attached hydrogens (tertiary/aromatic N) is 1. The van der Waals surface area contributed by atoms with E-state index in [4.69, 9.17) is 5.11 Å². The Balaban J connectivity index is 2.88. The number of aryl methyl sites for hydroxylation is 2. The highest BCUT2D eigenvalue weighted by Crippen LogP contribution is 2.15. The lowest BCUT2D eigenvalue weighted by atomic mass is 10.1. The summed E-state index contributed by atoms with van der Waals surface area (Å²) in [6.07, 6.45) is 0. The van der Waals surface area contributed by atoms with Crippen LogP contribution in [0.4, 0.5) is 0 Å². The maximum Gasteiger partial charge on any atom is 0.335 e. The summed E-state index contributed by atoms with van der Waals surface area (Å²) < 4.78 is 1.47. The lowest BCUT2D eigenvalue weighted by molar-refractivity contribution is 0.0697. The summed E-state index contributed by atoms with van der Waals surface area (Å²) in [6, 6.07) is 6.53. The summed E-state index contributed by atoms with van der Waals surface area (Å²) in [4.78, 5) is 22.5. The molecule has 0 unspecified atom stereocenters. The van der Waals surface area contributed by atoms with Crippen molar-refractivity contribution in [2.45, 2.75) is 6.92 Å². The van der Waals surface area contributed by atoms with Crippen molar-refractivity contribution in [3.8, 4) is 0 Å². The minimum absolute atomic E-state index is 0.102. The maximum atomic E-state index is 11.7. The third kappa shape index (κ3) is 1.48. The van der Waals surface area contributed by atoms with Gasteiger partial charge in [0.2, 0.25) is 0 Å². The van der Waals surface area contributed by atoms with Crippen molar-refractivity contribution in [3.63, 3.8) is 0 Å². The van der Waals surface area contributed by atoms with Gasteiger partial charge in [-0.15, -0.1) is 0 Å². The van der Waals surface area contributed by atoms with Crippen LogP contribution in [0.25, 0.3) is 10.9 Å². The summed E-state index contributed by atoms with van der Waals surface area (Å²) in [5.74, 6) is -0.991. The van der Waals surface area contributed by atoms with Crippen molar-refractivity contribution < 1.29 is 9.90 Å². The second-order valence-electron chi connectivity index (χ2n) is 3.77. The molecule has 16 heavy (non-hydrogen) atoms. The molecule has 1 N–H and O–H groups in total. The summed E-state index contributed by atoms with van der Waals surface area (Å²) in [5.41, 5.74) is 1.37. The first kappa shape index (κ1) is 10.4. The second-order valence-corrected chi connectivity index (χ2v) is 3.77. The number of fused-ring (bicyclic) bond motifs is 1. The molecule has 0 spiro atoms. The predicted octanol–water partition coefficient (Wildman–Crippen LogP) is 1.55. The Kier molecular flexibility index (Phi) is 2.27. The van der Waals surface area contributed by atoms with Crippen molar-refractivity contribution in [1.82, 2.24) is 4.57 Å². The molecule has 1 aromatic heterocycles. The van der Waals surface area contributed by atoms with Gasteiger partial charge in [0.15, 0.2) is 0 Å². The molecule has 0 aliphatic rings. The molecule has 2 aromatic rings. The first-order valence-electron chi connectivity index (χ1n) is 4.84. The third-order valence-electron chi connectivity index (χ3n) is 2.65. The van der Waals surface area contributed by atoms with E-state index < -0.39 is 5.97 Å². The van der Waals surface area contributed by atoms with E-state index in [1.54, 1.807) is 26.1 Å². The van der Waals surface area contributed by atoms with Gasteiger partial charge in [-0.1, -0.05) is 6.07 Å². The average molecular weight is 217 g/mol. The van der Waals surface area contributed by atoms with Crippen LogP contribution in [0.1, 0.15) is 15.9 Å². The fourth-order valence-electron chi connectivity index (χ4n) is 1.76. The number of carbonyl (C=O) groups is 1. The second kappa shape index (κ2) is 3.48. The van der Waals surface area contributed by atoms with Crippen molar-refractivity contribution in [2.75, 3.05) is 0 Å². The maximum absolute atomic E-state index is 11.7. The molecule has 0 radical (unpaired) electrons. The SMILES string of the molecule is Cc1cc2ccc(C(=O)O)cc2n(C)c1=O. The molecule has 4 heteroatoms. The molecule has 0 amide bonds. The van der Waals surface area contributed by atoms with Gasteiger partial charge in [-0.05, 0) is 30.5 Å². The number of pyridine rings is 1. The minimum atomic E-state index is -0.991. The molecule has 82 valence electrons. The van der Waals surface area contributed by atoms with Crippen LogP contribution in [0, 0.1) is 6.92 Å². The zero-order valence-corrected chi connectivity index (χ0v) is 9.02. The first-order valence-corrected chi connectivity index (χ1v) is 4.84. The van der Waals surface area contributed by atoms with Crippen LogP contribution in [0.2, 0.25) is 0 Å². The van der Waals surface area contributed by atoms with E-state index in [0.717, 1.165) is 5.39 Å². The Hall–Kier alpha value is -2.10. The van der Waals surface area contributed by atoms with Crippen molar-refractivity contribution >= 4 is 16.9 Å². The molecular formula is C12H11NO3. The Labute approximate surface area is 91.8 Å². The van der Waals surface area contributed by atoms with Crippen LogP contribution in [0.3, 0.4) is 0 Å². The Morgan fingerprint density at radius 2 is 2.00 bits per heavy atom. The number of carboxylic acids is 1. The van der Waals surface area contributed by atoms with Gasteiger partial charge in [-0.2, -0.15) is 0 Å². The van der Waals surface area contributed by atoms with Crippen molar-refractivity contribution in [1.29, 1.82) is 0 Å². The van der Waals surface area contributed by atoms with E-state index >= 15 is 0 Å². The first-order chi connectivity index (χ1) is 7.50. The molecular weight excluding hydrogens is 206 g/mol. The number of benzene rings is 1. The van der Waals surface area contributed by atoms with Gasteiger partial charge in [0.1, 0.15) is 0 Å². The Morgan fingerprint density at radius 3 is 2.62 bits per heavy atom. The van der Waals surface area contributed by atoms with Crippen molar-refractivity contribution in [2.24, 2.45) is 7.05 Å². The quantitative estimate of drug-likeness (QED) is 0.788. The van der Waals surface area contributed by atoms with Crippen LogP contribution in [0.5, 0.6) is 0 Å². The van der Waals surface area contributed by atoms with Crippen LogP contribution < -0.4 is 5.56 Å². The molecule has 0 aliphatic heterocycles. The summed E-state index contributed by atoms with van der Waals surface area (Å²) >= 11 is 0. The van der Waals surface area contributed by atoms with E-state index in [-0.39, 0.29) is 11.1 Å². The van der Waals surface area contributed by atoms with Gasteiger partial charge in [-0.3, -0.25) is 4.79 Å². The average Bonchev–Trinajstić information content (AvgIpc) is 2.25. The van der Waals surface area contributed by atoms with Crippen LogP contribution in [-0.4, -0.2) is 15.6 Å². The largest absolute Gasteiger partial charge is 0.478 e. The number of carboxylic acid groups (broad SMARTS) is 1. The summed E-state index contributed by atoms with van der Waals surface area (Å²) in [5, 5.41) is 9.74. The molecule has 1 heterocycles. The van der Waals surface area contributed by atoms with E-state index in [1.807, 2.05) is 0 Å². The van der Waals surface area contributed by atoms with Gasteiger partial charge < -0.3 is 9.67 Å². The Morgan fingerprint density at radius 1 is 1.31 bits per heavy atom. The molecule has 0 saturated heterocycles. The fourth-order valence-corrected chi connectivity index (χ4v) is 1.76. The smallest absolute Gasteiger partial charge is 0.335 e. The predicted molar refractivity (Wildman–Crippen MR) is 60.9 cm³/mol. The normalized spacial score (nSPS) is 10.6. The zero-order valence-electron chi connectivity index (χ0n) is 9.02. The van der Waals surface area contributed by atoms with Gasteiger partial charge in [0.25, 0.3) is 5.56 Å². The minimum Gasteiger partial charge on any atom is -0.478 e. The van der Waals surface area contributed by atoms with Crippen LogP contribution in [0.15, 0.2) is 29.1 Å². The fraction of sp³-hybridized carbons (Fsp3) is 0.167. The monoisotopic (exact) mass is 217 g/mol. The molecule has 0 aliphatic carbocycles. The lowest BCUT2D eigenvalue weighted by Gasteiger charge is -2.07. The number of rotatable bonds is 1. The standard InChI is InChI=1S/C12H11NO3/c1-7-5-8-3-4-9(12(15)16)6-10(8)13(2)11(7)14/h3-6H,1-2H3,(H,15,16). The van der Waals surface area contributed by atoms with Gasteiger partial charge in [0.05, 0.1) is 11.1 Å². The Bertz CT molecular complexity index is 640. The summed E-state index contributed by atoms with van der Waals surface area (Å²) in [7, 11) is 1.64. The van der Waals surface area contributed by atoms with E-state index in [1.165, 1.54) is 16.7 Å². The van der Waals surface area contributed by atoms with Crippen LogP contribution >= 0.6 is 0 Å². The highest BCUT2D eigenvalue weighted by Gasteiger charge is 2.07. The topological polar surface area (TPSA) is 59.3 Å². The lowest BCUT2D eigenvalue weighted by Crippen LogP contribution is -2.19. The van der Waals surface area contributed by atoms with Gasteiger partial charge in [0, 0.05) is 12.6 Å². The number of aromatic nitrogens is 1. The van der Waals surface area contributed by atoms with Gasteiger partial charge in [-0.25, -0.2) is 4.79 Å². The van der Waals surface area contributed by atoms with Gasteiger partial charge >= 0.3 is 5.97 Å². The molecule has 0 bridgehead atoms. The van der Waals surface area contributed by atoms with E-state index in [9.17, 15) is 9.59 Å².